The summed E-state index contributed by atoms with van der Waals surface area (Å²) in [5.41, 5.74) is 0. The molecule has 0 aliphatic carbocycles. The van der Waals surface area contributed by atoms with E-state index >= 15 is 0 Å². The summed E-state index contributed by atoms with van der Waals surface area (Å²) in [4.78, 5) is 28.9. The van der Waals surface area contributed by atoms with Gasteiger partial charge in [-0.15, -0.1) is 0 Å². The Kier molecular flexibility index (Phi) is 3.67. The summed E-state index contributed by atoms with van der Waals surface area (Å²) in [5.74, 6) is 0.912. The first-order valence-corrected chi connectivity index (χ1v) is 7.91. The van der Waals surface area contributed by atoms with Gasteiger partial charge in [-0.05, 0) is 18.9 Å². The van der Waals surface area contributed by atoms with Gasteiger partial charge in [0, 0.05) is 38.0 Å². The van der Waals surface area contributed by atoms with Crippen LogP contribution in [0.25, 0.3) is 0 Å². The predicted octanol–water partition coefficient (Wildman–Crippen LogP) is 0.482. The Morgan fingerprint density at radius 1 is 1.23 bits per heavy atom. The third kappa shape index (κ3) is 2.44. The molecule has 0 radical (unpaired) electrons. The van der Waals surface area contributed by atoms with Crippen LogP contribution >= 0.6 is 0 Å². The number of hydrogen-bond donors (Lipinski definition) is 0. The zero-order chi connectivity index (χ0) is 14.9. The smallest absolute Gasteiger partial charge is 0.251 e. The molecule has 1 aromatic heterocycles. The summed E-state index contributed by atoms with van der Waals surface area (Å²) in [6.45, 7) is 3.43. The van der Waals surface area contributed by atoms with E-state index in [-0.39, 0.29) is 23.8 Å². The average Bonchev–Trinajstić information content (AvgIpc) is 3.25. The molecule has 0 aromatic carbocycles. The van der Waals surface area contributed by atoms with Gasteiger partial charge in [-0.1, -0.05) is 0 Å². The molecule has 4 rings (SSSR count). The molecule has 1 aromatic rings. The number of carbonyl (C=O) groups excluding carboxylic acids is 1. The van der Waals surface area contributed by atoms with Gasteiger partial charge in [-0.2, -0.15) is 0 Å². The van der Waals surface area contributed by atoms with Crippen molar-refractivity contribution in [3.8, 4) is 0 Å². The maximum atomic E-state index is 12.8. The Bertz CT molecular complexity index is 535. The second-order valence-electron chi connectivity index (χ2n) is 6.05. The van der Waals surface area contributed by atoms with Crippen molar-refractivity contribution >= 4 is 11.9 Å². The van der Waals surface area contributed by atoms with Crippen LogP contribution in [0.1, 0.15) is 12.8 Å². The third-order valence-corrected chi connectivity index (χ3v) is 4.75. The number of rotatable bonds is 2. The van der Waals surface area contributed by atoms with Gasteiger partial charge < -0.3 is 9.64 Å². The molecule has 118 valence electrons. The summed E-state index contributed by atoms with van der Waals surface area (Å²) in [6.07, 6.45) is 5.39. The van der Waals surface area contributed by atoms with E-state index in [4.69, 9.17) is 9.57 Å². The molecule has 3 fully saturated rings. The number of anilines is 1. The number of carbonyl (C=O) groups is 1. The van der Waals surface area contributed by atoms with Crippen LogP contribution in [0.4, 0.5) is 5.95 Å². The molecule has 0 spiro atoms. The lowest BCUT2D eigenvalue weighted by Crippen LogP contribution is -2.53. The number of fused-ring (bicyclic) bond motifs is 1. The van der Waals surface area contributed by atoms with Crippen LogP contribution in [-0.2, 0) is 14.4 Å². The van der Waals surface area contributed by atoms with Crippen LogP contribution in [0.3, 0.4) is 0 Å². The summed E-state index contributed by atoms with van der Waals surface area (Å²) >= 11 is 0. The van der Waals surface area contributed by atoms with Gasteiger partial charge in [0.25, 0.3) is 5.91 Å². The first-order chi connectivity index (χ1) is 10.8. The van der Waals surface area contributed by atoms with Crippen molar-refractivity contribution in [2.24, 2.45) is 11.8 Å². The van der Waals surface area contributed by atoms with E-state index in [1.807, 2.05) is 0 Å². The Balaban J connectivity index is 1.57. The quantitative estimate of drug-likeness (QED) is 0.792. The number of piperidine rings is 1. The van der Waals surface area contributed by atoms with Crippen LogP contribution < -0.4 is 4.90 Å². The lowest BCUT2D eigenvalue weighted by atomic mass is 9.82. The minimum atomic E-state index is -0.108. The largest absolute Gasteiger partial charge is 0.376 e. The van der Waals surface area contributed by atoms with Crippen molar-refractivity contribution in [2.45, 2.75) is 18.9 Å². The van der Waals surface area contributed by atoms with Crippen molar-refractivity contribution < 1.29 is 14.4 Å². The van der Waals surface area contributed by atoms with Crippen molar-refractivity contribution in [2.75, 3.05) is 37.7 Å². The first-order valence-electron chi connectivity index (χ1n) is 7.91. The molecule has 7 nitrogen and oxygen atoms in total. The molecule has 4 heterocycles. The van der Waals surface area contributed by atoms with Crippen molar-refractivity contribution in [1.82, 2.24) is 15.0 Å². The Morgan fingerprint density at radius 2 is 2.09 bits per heavy atom. The second kappa shape index (κ2) is 5.81. The normalized spacial score (nSPS) is 31.4. The van der Waals surface area contributed by atoms with Crippen LogP contribution in [0.15, 0.2) is 18.5 Å². The predicted molar refractivity (Wildman–Crippen MR) is 77.9 cm³/mol. The van der Waals surface area contributed by atoms with Gasteiger partial charge in [0.15, 0.2) is 0 Å². The van der Waals surface area contributed by atoms with Gasteiger partial charge in [0.2, 0.25) is 5.95 Å². The number of nitrogens with zero attached hydrogens (tertiary/aromatic N) is 4. The SMILES string of the molecule is O=C([C@@H]1CN(c2ncccn2)C[C@@H]2OCC[C@@H]21)N1CCCO1. The zero-order valence-corrected chi connectivity index (χ0v) is 12.4. The number of hydroxylamine groups is 2. The van der Waals surface area contributed by atoms with Crippen LogP contribution in [0.5, 0.6) is 0 Å². The van der Waals surface area contributed by atoms with Crippen molar-refractivity contribution in [3.63, 3.8) is 0 Å². The van der Waals surface area contributed by atoms with Crippen LogP contribution in [0.2, 0.25) is 0 Å². The molecular formula is C15H20N4O3. The van der Waals surface area contributed by atoms with Crippen LogP contribution in [-0.4, -0.2) is 59.9 Å². The Labute approximate surface area is 129 Å². The lowest BCUT2D eigenvalue weighted by molar-refractivity contribution is -0.176. The molecule has 0 unspecified atom stereocenters. The minimum absolute atomic E-state index is 0.0779. The minimum Gasteiger partial charge on any atom is -0.376 e. The van der Waals surface area contributed by atoms with E-state index in [0.717, 1.165) is 26.0 Å². The lowest BCUT2D eigenvalue weighted by Gasteiger charge is -2.40. The fourth-order valence-electron chi connectivity index (χ4n) is 3.66. The highest BCUT2D eigenvalue weighted by Crippen LogP contribution is 2.36. The highest BCUT2D eigenvalue weighted by Gasteiger charge is 2.46. The highest BCUT2D eigenvalue weighted by molar-refractivity contribution is 5.79. The fraction of sp³-hybridized carbons (Fsp3) is 0.667. The molecule has 7 heteroatoms. The van der Waals surface area contributed by atoms with Gasteiger partial charge in [0.1, 0.15) is 0 Å². The first kappa shape index (κ1) is 13.9. The molecule has 3 saturated heterocycles. The van der Waals surface area contributed by atoms with Gasteiger partial charge >= 0.3 is 0 Å². The molecule has 0 saturated carbocycles. The Hall–Kier alpha value is -1.73. The molecule has 3 aliphatic heterocycles. The molecule has 1 amide bonds. The maximum absolute atomic E-state index is 12.8. The standard InChI is InChI=1S/C15H20N4O3/c20-14(19-6-2-7-22-19)12-9-18(15-16-4-1-5-17-15)10-13-11(12)3-8-21-13/h1,4-5,11-13H,2-3,6-10H2/t11-,12-,13+/m1/s1. The maximum Gasteiger partial charge on any atom is 0.251 e. The zero-order valence-electron chi connectivity index (χ0n) is 12.4. The summed E-state index contributed by atoms with van der Waals surface area (Å²) in [6, 6.07) is 1.79. The molecule has 3 atom stereocenters. The second-order valence-corrected chi connectivity index (χ2v) is 6.05. The van der Waals surface area contributed by atoms with Gasteiger partial charge in [-0.3, -0.25) is 9.63 Å². The number of amides is 1. The summed E-state index contributed by atoms with van der Waals surface area (Å²) in [7, 11) is 0. The third-order valence-electron chi connectivity index (χ3n) is 4.75. The number of ether oxygens (including phenoxy) is 1. The van der Waals surface area contributed by atoms with Crippen molar-refractivity contribution in [3.05, 3.63) is 18.5 Å². The fourth-order valence-corrected chi connectivity index (χ4v) is 3.66. The average molecular weight is 304 g/mol. The molecule has 3 aliphatic rings. The monoisotopic (exact) mass is 304 g/mol. The number of hydrogen-bond acceptors (Lipinski definition) is 6. The van der Waals surface area contributed by atoms with E-state index in [0.29, 0.717) is 25.6 Å². The highest BCUT2D eigenvalue weighted by atomic mass is 16.7. The summed E-state index contributed by atoms with van der Waals surface area (Å²) < 4.78 is 5.84. The van der Waals surface area contributed by atoms with E-state index < -0.39 is 0 Å². The van der Waals surface area contributed by atoms with Gasteiger partial charge in [0.05, 0.1) is 25.2 Å². The molecule has 0 bridgehead atoms. The molecular weight excluding hydrogens is 284 g/mol. The summed E-state index contributed by atoms with van der Waals surface area (Å²) in [5, 5.41) is 1.54. The van der Waals surface area contributed by atoms with E-state index in [1.165, 1.54) is 5.06 Å². The van der Waals surface area contributed by atoms with Gasteiger partial charge in [-0.25, -0.2) is 15.0 Å². The topological polar surface area (TPSA) is 67.8 Å². The molecule has 0 N–H and O–H groups in total. The van der Waals surface area contributed by atoms with Crippen molar-refractivity contribution in [1.29, 1.82) is 0 Å². The Morgan fingerprint density at radius 3 is 2.86 bits per heavy atom. The van der Waals surface area contributed by atoms with Crippen LogP contribution in [0, 0.1) is 11.8 Å². The molecule has 22 heavy (non-hydrogen) atoms. The number of aromatic nitrogens is 2. The van der Waals surface area contributed by atoms with E-state index in [2.05, 4.69) is 14.9 Å². The van der Waals surface area contributed by atoms with E-state index in [9.17, 15) is 4.79 Å². The van der Waals surface area contributed by atoms with E-state index in [1.54, 1.807) is 18.5 Å².